The molecule has 0 saturated heterocycles. The van der Waals surface area contributed by atoms with Crippen molar-refractivity contribution in [1.29, 1.82) is 5.53 Å². The van der Waals surface area contributed by atoms with E-state index in [2.05, 4.69) is 21.0 Å². The minimum Gasteiger partial charge on any atom is -0.398 e. The third kappa shape index (κ3) is 1.95. The molecule has 3 N–H and O–H groups in total. The quantitative estimate of drug-likeness (QED) is 0.612. The fourth-order valence-electron chi connectivity index (χ4n) is 0.869. The number of nitrogens with one attached hydrogen (secondary N) is 1. The number of hydrogen-bond acceptors (Lipinski definition) is 3. The maximum absolute atomic E-state index is 6.70. The summed E-state index contributed by atoms with van der Waals surface area (Å²) in [7, 11) is 0. The Morgan fingerprint density at radius 2 is 2.25 bits per heavy atom. The number of rotatable bonds is 2. The number of benzene rings is 1. The van der Waals surface area contributed by atoms with E-state index >= 15 is 0 Å². The highest BCUT2D eigenvalue weighted by molar-refractivity contribution is 9.10. The Labute approximate surface area is 83.5 Å². The van der Waals surface area contributed by atoms with Crippen LogP contribution < -0.4 is 5.73 Å². The molecule has 64 valence electrons. The molecule has 0 saturated carbocycles. The Hall–Kier alpha value is -0.610. The second-order valence-electron chi connectivity index (χ2n) is 2.27. The van der Waals surface area contributed by atoms with Gasteiger partial charge in [0.2, 0.25) is 0 Å². The SMILES string of the molecule is N=NCc1c(N)cc(Cl)cc1Br. The molecule has 5 heteroatoms. The summed E-state index contributed by atoms with van der Waals surface area (Å²) in [4.78, 5) is 0. The van der Waals surface area contributed by atoms with Gasteiger partial charge >= 0.3 is 0 Å². The Morgan fingerprint density at radius 1 is 1.58 bits per heavy atom. The van der Waals surface area contributed by atoms with Crippen LogP contribution in [0, 0.1) is 5.53 Å². The van der Waals surface area contributed by atoms with Gasteiger partial charge < -0.3 is 5.73 Å². The van der Waals surface area contributed by atoms with Gasteiger partial charge in [-0.2, -0.15) is 5.11 Å². The van der Waals surface area contributed by atoms with Gasteiger partial charge in [0.05, 0.1) is 6.54 Å². The van der Waals surface area contributed by atoms with E-state index in [9.17, 15) is 0 Å². The number of anilines is 1. The Balaban J connectivity index is 3.18. The Kier molecular flexibility index (Phi) is 3.05. The van der Waals surface area contributed by atoms with Gasteiger partial charge in [0.15, 0.2) is 0 Å². The lowest BCUT2D eigenvalue weighted by Crippen LogP contribution is -1.94. The van der Waals surface area contributed by atoms with E-state index in [0.29, 0.717) is 10.7 Å². The molecule has 0 bridgehead atoms. The average molecular weight is 249 g/mol. The molecule has 1 rings (SSSR count). The highest BCUT2D eigenvalue weighted by atomic mass is 79.9. The molecule has 1 aromatic rings. The Morgan fingerprint density at radius 3 is 2.75 bits per heavy atom. The van der Waals surface area contributed by atoms with Gasteiger partial charge in [-0.15, -0.1) is 0 Å². The second kappa shape index (κ2) is 3.87. The molecule has 0 aliphatic rings. The molecule has 0 spiro atoms. The van der Waals surface area contributed by atoms with E-state index in [1.54, 1.807) is 12.1 Å². The summed E-state index contributed by atoms with van der Waals surface area (Å²) in [5.41, 5.74) is 13.7. The van der Waals surface area contributed by atoms with E-state index in [4.69, 9.17) is 22.9 Å². The maximum atomic E-state index is 6.70. The molecular formula is C7H7BrClN3. The zero-order valence-electron chi connectivity index (χ0n) is 6.14. The van der Waals surface area contributed by atoms with Crippen molar-refractivity contribution in [2.45, 2.75) is 6.54 Å². The maximum Gasteiger partial charge on any atom is 0.0877 e. The average Bonchev–Trinajstić information content (AvgIpc) is 1.96. The van der Waals surface area contributed by atoms with Crippen molar-refractivity contribution in [3.8, 4) is 0 Å². The van der Waals surface area contributed by atoms with Crippen LogP contribution in [0.25, 0.3) is 0 Å². The summed E-state index contributed by atoms with van der Waals surface area (Å²) in [6.45, 7) is 0.281. The van der Waals surface area contributed by atoms with E-state index in [1.165, 1.54) is 0 Å². The monoisotopic (exact) mass is 247 g/mol. The first-order chi connectivity index (χ1) is 5.65. The fourth-order valence-corrected chi connectivity index (χ4v) is 1.83. The predicted octanol–water partition coefficient (Wildman–Crippen LogP) is 3.22. The lowest BCUT2D eigenvalue weighted by molar-refractivity contribution is 0.906. The molecule has 0 unspecified atom stereocenters. The van der Waals surface area contributed by atoms with Gasteiger partial charge in [-0.25, -0.2) is 5.53 Å². The highest BCUT2D eigenvalue weighted by Crippen LogP contribution is 2.27. The molecule has 0 heterocycles. The lowest BCUT2D eigenvalue weighted by Gasteiger charge is -2.04. The van der Waals surface area contributed by atoms with Crippen LogP contribution in [0.15, 0.2) is 21.7 Å². The first kappa shape index (κ1) is 9.48. The highest BCUT2D eigenvalue weighted by Gasteiger charge is 2.04. The van der Waals surface area contributed by atoms with Crippen molar-refractivity contribution in [1.82, 2.24) is 0 Å². The summed E-state index contributed by atoms with van der Waals surface area (Å²) in [6.07, 6.45) is 0. The predicted molar refractivity (Wildman–Crippen MR) is 52.4 cm³/mol. The van der Waals surface area contributed by atoms with Gasteiger partial charge in [-0.1, -0.05) is 27.5 Å². The smallest absolute Gasteiger partial charge is 0.0877 e. The van der Waals surface area contributed by atoms with Gasteiger partial charge in [0.1, 0.15) is 0 Å². The van der Waals surface area contributed by atoms with Crippen LogP contribution in [0.5, 0.6) is 0 Å². The van der Waals surface area contributed by atoms with Gasteiger partial charge in [0, 0.05) is 20.7 Å². The summed E-state index contributed by atoms with van der Waals surface area (Å²) < 4.78 is 0.795. The standard InChI is InChI=1S/C7H7BrClN3/c8-6-1-4(9)2-7(10)5(6)3-12-11/h1-2,11H,3,10H2. The number of halogens is 2. The van der Waals surface area contributed by atoms with Gasteiger partial charge in [-0.05, 0) is 12.1 Å². The summed E-state index contributed by atoms with van der Waals surface area (Å²) in [6, 6.07) is 3.38. The molecule has 3 nitrogen and oxygen atoms in total. The summed E-state index contributed by atoms with van der Waals surface area (Å²) in [5.74, 6) is 0. The molecule has 0 aliphatic carbocycles. The topological polar surface area (TPSA) is 62.2 Å². The minimum atomic E-state index is 0.281. The summed E-state index contributed by atoms with van der Waals surface area (Å²) in [5, 5.41) is 3.83. The first-order valence-corrected chi connectivity index (χ1v) is 4.39. The van der Waals surface area contributed by atoms with Crippen molar-refractivity contribution in [2.75, 3.05) is 5.73 Å². The van der Waals surface area contributed by atoms with Crippen molar-refractivity contribution in [3.63, 3.8) is 0 Å². The largest absolute Gasteiger partial charge is 0.398 e. The van der Waals surface area contributed by atoms with Crippen LogP contribution >= 0.6 is 27.5 Å². The normalized spacial score (nSPS) is 9.83. The molecule has 1 aromatic carbocycles. The van der Waals surface area contributed by atoms with Crippen LogP contribution in [0.1, 0.15) is 5.56 Å². The van der Waals surface area contributed by atoms with Crippen LogP contribution in [-0.4, -0.2) is 0 Å². The zero-order valence-corrected chi connectivity index (χ0v) is 8.48. The zero-order chi connectivity index (χ0) is 9.14. The second-order valence-corrected chi connectivity index (χ2v) is 3.56. The minimum absolute atomic E-state index is 0.281. The van der Waals surface area contributed by atoms with Crippen molar-refractivity contribution < 1.29 is 0 Å². The fraction of sp³-hybridized carbons (Fsp3) is 0.143. The first-order valence-electron chi connectivity index (χ1n) is 3.21. The third-order valence-electron chi connectivity index (χ3n) is 1.43. The lowest BCUT2D eigenvalue weighted by atomic mass is 10.2. The van der Waals surface area contributed by atoms with E-state index in [1.807, 2.05) is 0 Å². The number of hydrogen-bond donors (Lipinski definition) is 2. The van der Waals surface area contributed by atoms with Crippen LogP contribution in [0.4, 0.5) is 5.69 Å². The molecule has 0 aliphatic heterocycles. The van der Waals surface area contributed by atoms with Crippen LogP contribution in [-0.2, 0) is 6.54 Å². The molecule has 0 aromatic heterocycles. The van der Waals surface area contributed by atoms with Crippen LogP contribution in [0.3, 0.4) is 0 Å². The van der Waals surface area contributed by atoms with Gasteiger partial charge in [0.25, 0.3) is 0 Å². The molecule has 12 heavy (non-hydrogen) atoms. The van der Waals surface area contributed by atoms with Crippen molar-refractivity contribution in [3.05, 3.63) is 27.2 Å². The van der Waals surface area contributed by atoms with Crippen LogP contribution in [0.2, 0.25) is 5.02 Å². The van der Waals surface area contributed by atoms with E-state index in [-0.39, 0.29) is 6.54 Å². The molecule has 0 atom stereocenters. The van der Waals surface area contributed by atoms with Crippen molar-refractivity contribution in [2.24, 2.45) is 5.11 Å². The van der Waals surface area contributed by atoms with Gasteiger partial charge in [-0.3, -0.25) is 0 Å². The molecule has 0 amide bonds. The van der Waals surface area contributed by atoms with E-state index < -0.39 is 0 Å². The molecule has 0 fully saturated rings. The number of nitrogen functional groups attached to an aromatic ring is 1. The summed E-state index contributed by atoms with van der Waals surface area (Å²) >= 11 is 9.03. The van der Waals surface area contributed by atoms with Crippen molar-refractivity contribution >= 4 is 33.2 Å². The number of nitrogens with zero attached hydrogens (tertiary/aromatic N) is 1. The molecular weight excluding hydrogens is 241 g/mol. The third-order valence-corrected chi connectivity index (χ3v) is 2.36. The Bertz CT molecular complexity index is 291. The molecule has 0 radical (unpaired) electrons. The van der Waals surface area contributed by atoms with E-state index in [0.717, 1.165) is 10.0 Å². The number of nitrogens with two attached hydrogens (primary N) is 1.